The monoisotopic (exact) mass is 405 g/mol. The average molecular weight is 406 g/mol. The minimum Gasteiger partial charge on any atom is -0.444 e. The Kier molecular flexibility index (Phi) is 4.91. The van der Waals surface area contributed by atoms with Crippen LogP contribution in [0, 0.1) is 0 Å². The Bertz CT molecular complexity index is 762. The Hall–Kier alpha value is -1.82. The second-order valence-electron chi connectivity index (χ2n) is 7.40. The lowest BCUT2D eigenvalue weighted by Crippen LogP contribution is -2.37. The molecule has 1 saturated heterocycles. The maximum atomic E-state index is 12.5. The van der Waals surface area contributed by atoms with Gasteiger partial charge in [-0.3, -0.25) is 4.90 Å². The molecule has 6 heteroatoms. The SMILES string of the molecule is Cn1c(-c2ccc(Br)cc2)cnc1C1CCCN1C(=O)OC(C)(C)C. The summed E-state index contributed by atoms with van der Waals surface area (Å²) in [5, 5.41) is 0. The van der Waals surface area contributed by atoms with E-state index < -0.39 is 5.60 Å². The highest BCUT2D eigenvalue weighted by atomic mass is 79.9. The molecule has 1 aromatic heterocycles. The molecule has 25 heavy (non-hydrogen) atoms. The van der Waals surface area contributed by atoms with Crippen molar-refractivity contribution >= 4 is 22.0 Å². The molecule has 0 radical (unpaired) electrons. The van der Waals surface area contributed by atoms with Gasteiger partial charge in [0.2, 0.25) is 0 Å². The number of carbonyl (C=O) groups excluding carboxylic acids is 1. The number of likely N-dealkylation sites (tertiary alicyclic amines) is 1. The van der Waals surface area contributed by atoms with E-state index in [2.05, 4.69) is 37.6 Å². The zero-order valence-electron chi connectivity index (χ0n) is 15.1. The van der Waals surface area contributed by atoms with E-state index in [1.165, 1.54) is 0 Å². The van der Waals surface area contributed by atoms with E-state index in [0.717, 1.165) is 34.4 Å². The Balaban J connectivity index is 1.86. The molecule has 0 bridgehead atoms. The van der Waals surface area contributed by atoms with Gasteiger partial charge in [0.25, 0.3) is 0 Å². The van der Waals surface area contributed by atoms with E-state index in [9.17, 15) is 4.79 Å². The number of aromatic nitrogens is 2. The fraction of sp³-hybridized carbons (Fsp3) is 0.474. The molecule has 2 heterocycles. The van der Waals surface area contributed by atoms with Gasteiger partial charge in [-0.2, -0.15) is 0 Å². The number of hydrogen-bond acceptors (Lipinski definition) is 3. The molecule has 3 rings (SSSR count). The normalized spacial score (nSPS) is 17.8. The Morgan fingerprint density at radius 3 is 2.60 bits per heavy atom. The molecule has 0 N–H and O–H groups in total. The number of benzene rings is 1. The second kappa shape index (κ2) is 6.83. The van der Waals surface area contributed by atoms with Crippen LogP contribution < -0.4 is 0 Å². The van der Waals surface area contributed by atoms with Gasteiger partial charge in [0.05, 0.1) is 17.9 Å². The number of hydrogen-bond donors (Lipinski definition) is 0. The number of carbonyl (C=O) groups is 1. The van der Waals surface area contributed by atoms with Crippen molar-refractivity contribution in [2.24, 2.45) is 7.05 Å². The predicted octanol–water partition coefficient (Wildman–Crippen LogP) is 4.92. The summed E-state index contributed by atoms with van der Waals surface area (Å²) in [4.78, 5) is 19.0. The van der Waals surface area contributed by atoms with Crippen LogP contribution in [0.2, 0.25) is 0 Å². The highest BCUT2D eigenvalue weighted by Gasteiger charge is 2.35. The van der Waals surface area contributed by atoms with E-state index in [1.54, 1.807) is 4.90 Å². The molecule has 134 valence electrons. The van der Waals surface area contributed by atoms with Crippen LogP contribution >= 0.6 is 15.9 Å². The van der Waals surface area contributed by atoms with Gasteiger partial charge >= 0.3 is 6.09 Å². The minimum absolute atomic E-state index is 0.0379. The summed E-state index contributed by atoms with van der Waals surface area (Å²) in [6.07, 6.45) is 3.49. The molecule has 1 aliphatic heterocycles. The smallest absolute Gasteiger partial charge is 0.410 e. The average Bonchev–Trinajstić information content (AvgIpc) is 3.13. The molecule has 1 fully saturated rings. The molecular weight excluding hydrogens is 382 g/mol. The van der Waals surface area contributed by atoms with E-state index in [1.807, 2.05) is 46.1 Å². The summed E-state index contributed by atoms with van der Waals surface area (Å²) in [5.74, 6) is 0.904. The fourth-order valence-electron chi connectivity index (χ4n) is 3.20. The Morgan fingerprint density at radius 2 is 1.96 bits per heavy atom. The van der Waals surface area contributed by atoms with Crippen LogP contribution in [-0.2, 0) is 11.8 Å². The summed E-state index contributed by atoms with van der Waals surface area (Å²) in [6, 6.07) is 8.12. The van der Waals surface area contributed by atoms with Gasteiger partial charge in [-0.05, 0) is 51.3 Å². The van der Waals surface area contributed by atoms with Gasteiger partial charge in [0.1, 0.15) is 11.4 Å². The van der Waals surface area contributed by atoms with E-state index in [0.29, 0.717) is 6.54 Å². The highest BCUT2D eigenvalue weighted by Crippen LogP contribution is 2.34. The summed E-state index contributed by atoms with van der Waals surface area (Å²) >= 11 is 3.46. The lowest BCUT2D eigenvalue weighted by atomic mass is 10.1. The van der Waals surface area contributed by atoms with Crippen molar-refractivity contribution in [2.75, 3.05) is 6.54 Å². The highest BCUT2D eigenvalue weighted by molar-refractivity contribution is 9.10. The van der Waals surface area contributed by atoms with Crippen LogP contribution in [0.1, 0.15) is 45.5 Å². The van der Waals surface area contributed by atoms with E-state index in [4.69, 9.17) is 4.74 Å². The maximum absolute atomic E-state index is 12.5. The number of nitrogens with zero attached hydrogens (tertiary/aromatic N) is 3. The fourth-order valence-corrected chi connectivity index (χ4v) is 3.46. The first kappa shape index (κ1) is 18.0. The lowest BCUT2D eigenvalue weighted by Gasteiger charge is -2.28. The molecule has 1 aliphatic rings. The molecule has 5 nitrogen and oxygen atoms in total. The second-order valence-corrected chi connectivity index (χ2v) is 8.31. The first-order valence-electron chi connectivity index (χ1n) is 8.53. The predicted molar refractivity (Wildman–Crippen MR) is 101 cm³/mol. The third-order valence-corrected chi connectivity index (χ3v) is 4.87. The summed E-state index contributed by atoms with van der Waals surface area (Å²) in [5.41, 5.74) is 1.65. The van der Waals surface area contributed by atoms with Crippen molar-refractivity contribution in [1.29, 1.82) is 0 Å². The van der Waals surface area contributed by atoms with Gasteiger partial charge in [-0.25, -0.2) is 9.78 Å². The molecule has 1 atom stereocenters. The van der Waals surface area contributed by atoms with Crippen molar-refractivity contribution in [3.8, 4) is 11.3 Å². The first-order chi connectivity index (χ1) is 11.8. The molecule has 1 unspecified atom stereocenters. The van der Waals surface area contributed by atoms with Crippen LogP contribution in [-0.4, -0.2) is 32.7 Å². The molecule has 0 saturated carbocycles. The van der Waals surface area contributed by atoms with Crippen LogP contribution in [0.25, 0.3) is 11.3 Å². The molecule has 1 aromatic carbocycles. The zero-order valence-corrected chi connectivity index (χ0v) is 16.7. The van der Waals surface area contributed by atoms with Crippen molar-refractivity contribution in [2.45, 2.75) is 45.3 Å². The first-order valence-corrected chi connectivity index (χ1v) is 9.33. The number of halogens is 1. The summed E-state index contributed by atoms with van der Waals surface area (Å²) < 4.78 is 8.69. The third kappa shape index (κ3) is 3.89. The number of imidazole rings is 1. The standard InChI is InChI=1S/C19H24BrN3O2/c1-19(2,3)25-18(24)23-11-5-6-15(23)17-21-12-16(22(17)4)13-7-9-14(20)10-8-13/h7-10,12,15H,5-6,11H2,1-4H3. The summed E-state index contributed by atoms with van der Waals surface area (Å²) in [7, 11) is 2.01. The van der Waals surface area contributed by atoms with Crippen molar-refractivity contribution < 1.29 is 9.53 Å². The number of rotatable bonds is 2. The Morgan fingerprint density at radius 1 is 1.28 bits per heavy atom. The van der Waals surface area contributed by atoms with Crippen LogP contribution in [0.4, 0.5) is 4.79 Å². The van der Waals surface area contributed by atoms with Crippen LogP contribution in [0.3, 0.4) is 0 Å². The van der Waals surface area contributed by atoms with Crippen LogP contribution in [0.15, 0.2) is 34.9 Å². The van der Waals surface area contributed by atoms with Crippen molar-refractivity contribution in [1.82, 2.24) is 14.5 Å². The quantitative estimate of drug-likeness (QED) is 0.711. The van der Waals surface area contributed by atoms with Gasteiger partial charge < -0.3 is 9.30 Å². The largest absolute Gasteiger partial charge is 0.444 e. The number of amides is 1. The minimum atomic E-state index is -0.492. The maximum Gasteiger partial charge on any atom is 0.410 e. The van der Waals surface area contributed by atoms with Gasteiger partial charge in [0, 0.05) is 18.1 Å². The van der Waals surface area contributed by atoms with E-state index >= 15 is 0 Å². The van der Waals surface area contributed by atoms with Gasteiger partial charge in [-0.15, -0.1) is 0 Å². The molecular formula is C19H24BrN3O2. The summed E-state index contributed by atoms with van der Waals surface area (Å²) in [6.45, 7) is 6.38. The molecule has 1 amide bonds. The number of ether oxygens (including phenoxy) is 1. The van der Waals surface area contributed by atoms with Crippen molar-refractivity contribution in [3.05, 3.63) is 40.8 Å². The lowest BCUT2D eigenvalue weighted by molar-refractivity contribution is 0.0216. The zero-order chi connectivity index (χ0) is 18.2. The van der Waals surface area contributed by atoms with Crippen LogP contribution in [0.5, 0.6) is 0 Å². The topological polar surface area (TPSA) is 47.4 Å². The van der Waals surface area contributed by atoms with Gasteiger partial charge in [-0.1, -0.05) is 28.1 Å². The third-order valence-electron chi connectivity index (χ3n) is 4.34. The van der Waals surface area contributed by atoms with Gasteiger partial charge in [0.15, 0.2) is 0 Å². The Labute approximate surface area is 157 Å². The van der Waals surface area contributed by atoms with Crippen molar-refractivity contribution in [3.63, 3.8) is 0 Å². The molecule has 0 spiro atoms. The van der Waals surface area contributed by atoms with E-state index in [-0.39, 0.29) is 12.1 Å². The molecule has 0 aliphatic carbocycles. The molecule has 2 aromatic rings.